The minimum Gasteiger partial charge on any atom is -0.303 e. The molecule has 16 heavy (non-hydrogen) atoms. The van der Waals surface area contributed by atoms with Gasteiger partial charge >= 0.3 is 6.18 Å². The summed E-state index contributed by atoms with van der Waals surface area (Å²) < 4.78 is 36.9. The highest BCUT2D eigenvalue weighted by Gasteiger charge is 2.32. The van der Waals surface area contributed by atoms with Crippen molar-refractivity contribution in [2.45, 2.75) is 24.9 Å². The maximum absolute atomic E-state index is 12.3. The van der Waals surface area contributed by atoms with E-state index in [-0.39, 0.29) is 11.8 Å². The van der Waals surface area contributed by atoms with Gasteiger partial charge in [0, 0.05) is 5.92 Å². The van der Waals surface area contributed by atoms with Gasteiger partial charge in [0.1, 0.15) is 6.29 Å². The van der Waals surface area contributed by atoms with Gasteiger partial charge in [0.15, 0.2) is 0 Å². The van der Waals surface area contributed by atoms with E-state index in [1.54, 1.807) is 0 Å². The van der Waals surface area contributed by atoms with E-state index in [2.05, 4.69) is 0 Å². The average molecular weight is 228 g/mol. The van der Waals surface area contributed by atoms with E-state index in [9.17, 15) is 18.0 Å². The molecule has 0 spiro atoms. The summed E-state index contributed by atoms with van der Waals surface area (Å²) >= 11 is 0. The van der Waals surface area contributed by atoms with Gasteiger partial charge in [0.2, 0.25) is 0 Å². The predicted octanol–water partition coefficient (Wildman–Crippen LogP) is 3.40. The molecular weight excluding hydrogens is 217 g/mol. The molecule has 0 heterocycles. The average Bonchev–Trinajstić information content (AvgIpc) is 2.15. The van der Waals surface area contributed by atoms with Crippen LogP contribution in [0.2, 0.25) is 0 Å². The first-order valence-corrected chi connectivity index (χ1v) is 5.13. The number of benzene rings is 1. The van der Waals surface area contributed by atoms with Crippen LogP contribution in [-0.4, -0.2) is 6.29 Å². The van der Waals surface area contributed by atoms with Crippen molar-refractivity contribution in [1.29, 1.82) is 0 Å². The van der Waals surface area contributed by atoms with Crippen LogP contribution in [0.1, 0.15) is 29.9 Å². The molecule has 1 nitrogen and oxygen atoms in total. The second-order valence-electron chi connectivity index (χ2n) is 4.18. The Morgan fingerprint density at radius 2 is 1.69 bits per heavy atom. The SMILES string of the molecule is O=CC1CC(c2ccc(C(F)(F)F)cc2)C1. The van der Waals surface area contributed by atoms with Crippen molar-refractivity contribution < 1.29 is 18.0 Å². The molecule has 1 aliphatic rings. The van der Waals surface area contributed by atoms with Crippen molar-refractivity contribution >= 4 is 6.29 Å². The Morgan fingerprint density at radius 3 is 2.12 bits per heavy atom. The molecule has 0 amide bonds. The van der Waals surface area contributed by atoms with Crippen molar-refractivity contribution in [2.24, 2.45) is 5.92 Å². The molecule has 0 aliphatic heterocycles. The molecule has 1 aliphatic carbocycles. The van der Waals surface area contributed by atoms with Crippen molar-refractivity contribution in [3.63, 3.8) is 0 Å². The van der Waals surface area contributed by atoms with Crippen LogP contribution < -0.4 is 0 Å². The molecule has 1 aromatic carbocycles. The second kappa shape index (κ2) is 3.92. The molecule has 1 saturated carbocycles. The fraction of sp³-hybridized carbons (Fsp3) is 0.417. The number of carbonyl (C=O) groups excluding carboxylic acids is 1. The van der Waals surface area contributed by atoms with E-state index in [1.165, 1.54) is 12.1 Å². The third-order valence-corrected chi connectivity index (χ3v) is 3.08. The summed E-state index contributed by atoms with van der Waals surface area (Å²) in [6, 6.07) is 5.22. The first kappa shape index (κ1) is 11.2. The zero-order chi connectivity index (χ0) is 11.8. The van der Waals surface area contributed by atoms with Gasteiger partial charge in [-0.2, -0.15) is 13.2 Å². The lowest BCUT2D eigenvalue weighted by Crippen LogP contribution is -2.22. The predicted molar refractivity (Wildman–Crippen MR) is 53.0 cm³/mol. The molecule has 0 atom stereocenters. The first-order chi connectivity index (χ1) is 7.50. The maximum atomic E-state index is 12.3. The Balaban J connectivity index is 2.06. The Bertz CT molecular complexity index is 374. The normalized spacial score (nSPS) is 24.9. The lowest BCUT2D eigenvalue weighted by Gasteiger charge is -2.32. The third kappa shape index (κ3) is 2.10. The highest BCUT2D eigenvalue weighted by molar-refractivity contribution is 5.56. The molecule has 0 aromatic heterocycles. The van der Waals surface area contributed by atoms with Crippen LogP contribution >= 0.6 is 0 Å². The molecule has 86 valence electrons. The van der Waals surface area contributed by atoms with E-state index in [0.29, 0.717) is 0 Å². The highest BCUT2D eigenvalue weighted by atomic mass is 19.4. The summed E-state index contributed by atoms with van der Waals surface area (Å²) in [4.78, 5) is 10.4. The quantitative estimate of drug-likeness (QED) is 0.709. The number of halogens is 3. The van der Waals surface area contributed by atoms with Crippen LogP contribution in [0.4, 0.5) is 13.2 Å². The Kier molecular flexibility index (Phi) is 2.74. The summed E-state index contributed by atoms with van der Waals surface area (Å²) in [5.74, 6) is 0.338. The molecule has 1 aromatic rings. The van der Waals surface area contributed by atoms with E-state index in [0.717, 1.165) is 36.8 Å². The molecule has 0 bridgehead atoms. The van der Waals surface area contributed by atoms with Gasteiger partial charge in [-0.25, -0.2) is 0 Å². The zero-order valence-electron chi connectivity index (χ0n) is 8.50. The van der Waals surface area contributed by atoms with Crippen molar-refractivity contribution in [3.05, 3.63) is 35.4 Å². The van der Waals surface area contributed by atoms with Crippen molar-refractivity contribution in [2.75, 3.05) is 0 Å². The van der Waals surface area contributed by atoms with Gasteiger partial charge in [0.25, 0.3) is 0 Å². The van der Waals surface area contributed by atoms with Crippen LogP contribution in [-0.2, 0) is 11.0 Å². The van der Waals surface area contributed by atoms with Crippen LogP contribution in [0.3, 0.4) is 0 Å². The molecule has 2 rings (SSSR count). The van der Waals surface area contributed by atoms with Gasteiger partial charge in [0.05, 0.1) is 5.56 Å². The zero-order valence-corrected chi connectivity index (χ0v) is 8.50. The van der Waals surface area contributed by atoms with Gasteiger partial charge in [-0.05, 0) is 36.5 Å². The lowest BCUT2D eigenvalue weighted by atomic mass is 9.72. The number of hydrogen-bond acceptors (Lipinski definition) is 1. The lowest BCUT2D eigenvalue weighted by molar-refractivity contribution is -0.137. The van der Waals surface area contributed by atoms with Crippen LogP contribution in [0.15, 0.2) is 24.3 Å². The third-order valence-electron chi connectivity index (χ3n) is 3.08. The van der Waals surface area contributed by atoms with Crippen LogP contribution in [0.25, 0.3) is 0 Å². The minimum atomic E-state index is -4.27. The summed E-state index contributed by atoms with van der Waals surface area (Å²) in [6.45, 7) is 0. The topological polar surface area (TPSA) is 17.1 Å². The molecule has 0 saturated heterocycles. The van der Waals surface area contributed by atoms with Gasteiger partial charge in [-0.15, -0.1) is 0 Å². The summed E-state index contributed by atoms with van der Waals surface area (Å²) in [5, 5.41) is 0. The summed E-state index contributed by atoms with van der Waals surface area (Å²) in [7, 11) is 0. The van der Waals surface area contributed by atoms with E-state index >= 15 is 0 Å². The number of carbonyl (C=O) groups is 1. The van der Waals surface area contributed by atoms with Crippen LogP contribution in [0.5, 0.6) is 0 Å². The number of rotatable bonds is 2. The standard InChI is InChI=1S/C12H11F3O/c13-12(14,15)11-3-1-9(2-4-11)10-5-8(6-10)7-16/h1-4,7-8,10H,5-6H2. The summed E-state index contributed by atoms with van der Waals surface area (Å²) in [6.07, 6.45) is -1.84. The Labute approximate surface area is 91.3 Å². The maximum Gasteiger partial charge on any atom is 0.416 e. The van der Waals surface area contributed by atoms with Gasteiger partial charge < -0.3 is 4.79 Å². The fourth-order valence-corrected chi connectivity index (χ4v) is 1.99. The van der Waals surface area contributed by atoms with Crippen LogP contribution in [0, 0.1) is 5.92 Å². The van der Waals surface area contributed by atoms with Crippen molar-refractivity contribution in [1.82, 2.24) is 0 Å². The van der Waals surface area contributed by atoms with Crippen molar-refractivity contribution in [3.8, 4) is 0 Å². The summed E-state index contributed by atoms with van der Waals surface area (Å²) in [5.41, 5.74) is 0.272. The molecule has 0 N–H and O–H groups in total. The number of aldehydes is 1. The second-order valence-corrected chi connectivity index (χ2v) is 4.18. The fourth-order valence-electron chi connectivity index (χ4n) is 1.99. The number of alkyl halides is 3. The largest absolute Gasteiger partial charge is 0.416 e. The highest BCUT2D eigenvalue weighted by Crippen LogP contribution is 2.41. The van der Waals surface area contributed by atoms with Gasteiger partial charge in [-0.3, -0.25) is 0 Å². The van der Waals surface area contributed by atoms with E-state index in [1.807, 2.05) is 0 Å². The van der Waals surface area contributed by atoms with Gasteiger partial charge in [-0.1, -0.05) is 12.1 Å². The monoisotopic (exact) mass is 228 g/mol. The molecule has 1 fully saturated rings. The minimum absolute atomic E-state index is 0.0901. The first-order valence-electron chi connectivity index (χ1n) is 5.13. The molecule has 0 unspecified atom stereocenters. The van der Waals surface area contributed by atoms with E-state index in [4.69, 9.17) is 0 Å². The molecule has 0 radical (unpaired) electrons. The Hall–Kier alpha value is -1.32. The van der Waals surface area contributed by atoms with E-state index < -0.39 is 11.7 Å². The number of hydrogen-bond donors (Lipinski definition) is 0. The Morgan fingerprint density at radius 1 is 1.12 bits per heavy atom. The smallest absolute Gasteiger partial charge is 0.303 e. The molecular formula is C12H11F3O. The molecule has 4 heteroatoms.